The molecule has 0 aliphatic carbocycles. The molecule has 144 valence electrons. The minimum atomic E-state index is -3.15. The first-order valence-corrected chi connectivity index (χ1v) is 10.5. The minimum absolute atomic E-state index is 0.0519. The van der Waals surface area contributed by atoms with Gasteiger partial charge in [-0.05, 0) is 38.0 Å². The van der Waals surface area contributed by atoms with Crippen LogP contribution in [0.15, 0.2) is 18.2 Å². The molecule has 1 amide bonds. The number of hydrogen-bond donors (Lipinski definition) is 1. The lowest BCUT2D eigenvalue weighted by Crippen LogP contribution is -2.48. The number of phenols is 1. The van der Waals surface area contributed by atoms with Crippen LogP contribution in [-0.2, 0) is 19.4 Å². The van der Waals surface area contributed by atoms with Gasteiger partial charge < -0.3 is 14.7 Å². The van der Waals surface area contributed by atoms with E-state index in [1.165, 1.54) is 23.1 Å². The van der Waals surface area contributed by atoms with Crippen LogP contribution in [0, 0.1) is 0 Å². The van der Waals surface area contributed by atoms with Crippen LogP contribution < -0.4 is 0 Å². The average Bonchev–Trinajstić information content (AvgIpc) is 2.92. The van der Waals surface area contributed by atoms with Crippen LogP contribution in [0.2, 0.25) is 5.02 Å². The van der Waals surface area contributed by atoms with Gasteiger partial charge in [0, 0.05) is 17.1 Å². The van der Waals surface area contributed by atoms with Crippen LogP contribution in [0.3, 0.4) is 0 Å². The van der Waals surface area contributed by atoms with Crippen molar-refractivity contribution in [2.75, 3.05) is 18.1 Å². The number of esters is 1. The second-order valence-electron chi connectivity index (χ2n) is 6.35. The molecule has 2 rings (SSSR count). The van der Waals surface area contributed by atoms with Gasteiger partial charge in [0.1, 0.15) is 11.3 Å². The van der Waals surface area contributed by atoms with Crippen molar-refractivity contribution in [2.24, 2.45) is 0 Å². The molecule has 0 bridgehead atoms. The van der Waals surface area contributed by atoms with Crippen molar-refractivity contribution in [3.05, 3.63) is 28.8 Å². The maximum Gasteiger partial charge on any atom is 0.342 e. The number of halogens is 1. The predicted octanol–water partition coefficient (Wildman–Crippen LogP) is 2.02. The van der Waals surface area contributed by atoms with E-state index >= 15 is 0 Å². The molecule has 1 saturated heterocycles. The third-order valence-electron chi connectivity index (χ3n) is 4.46. The molecular formula is C17H22ClNO6S. The van der Waals surface area contributed by atoms with E-state index in [1.807, 2.05) is 13.8 Å². The lowest BCUT2D eigenvalue weighted by Gasteiger charge is -2.33. The summed E-state index contributed by atoms with van der Waals surface area (Å²) in [4.78, 5) is 26.2. The Hall–Kier alpha value is -1.80. The summed E-state index contributed by atoms with van der Waals surface area (Å²) in [7, 11) is -3.15. The molecular weight excluding hydrogens is 382 g/mol. The van der Waals surface area contributed by atoms with E-state index in [9.17, 15) is 23.1 Å². The van der Waals surface area contributed by atoms with Crippen molar-refractivity contribution >= 4 is 33.3 Å². The average molecular weight is 404 g/mol. The number of ether oxygens (including phenoxy) is 1. The van der Waals surface area contributed by atoms with Gasteiger partial charge in [-0.15, -0.1) is 0 Å². The summed E-state index contributed by atoms with van der Waals surface area (Å²) < 4.78 is 28.5. The van der Waals surface area contributed by atoms with E-state index < -0.39 is 34.4 Å². The van der Waals surface area contributed by atoms with E-state index in [0.29, 0.717) is 12.8 Å². The largest absolute Gasteiger partial charge is 0.507 e. The molecule has 0 saturated carbocycles. The Morgan fingerprint density at radius 1 is 1.42 bits per heavy atom. The number of nitrogens with zero attached hydrogens (tertiary/aromatic N) is 1. The molecule has 2 atom stereocenters. The van der Waals surface area contributed by atoms with Crippen LogP contribution in [-0.4, -0.2) is 60.5 Å². The minimum Gasteiger partial charge on any atom is -0.507 e. The van der Waals surface area contributed by atoms with Crippen LogP contribution >= 0.6 is 11.6 Å². The predicted molar refractivity (Wildman–Crippen MR) is 97.1 cm³/mol. The molecule has 1 N–H and O–H groups in total. The highest BCUT2D eigenvalue weighted by molar-refractivity contribution is 7.91. The van der Waals surface area contributed by atoms with E-state index in [4.69, 9.17) is 16.3 Å². The van der Waals surface area contributed by atoms with Gasteiger partial charge in [-0.2, -0.15) is 0 Å². The standard InChI is InChI=1S/C17H22ClNO6S/c1-3-11(2)19(13-6-7-26(23,24)10-13)16(21)9-25-17(22)14-5-4-12(18)8-15(14)20/h4-5,8,11,13,20H,3,6-7,9-10H2,1-2H3/t11-,13+/m0/s1. The normalized spacial score (nSPS) is 19.7. The molecule has 1 fully saturated rings. The van der Waals surface area contributed by atoms with E-state index in [1.54, 1.807) is 0 Å². The van der Waals surface area contributed by atoms with E-state index in [0.717, 1.165) is 0 Å². The summed E-state index contributed by atoms with van der Waals surface area (Å²) in [5.41, 5.74) is -0.0965. The number of carbonyl (C=O) groups excluding carboxylic acids is 2. The maximum absolute atomic E-state index is 12.6. The van der Waals surface area contributed by atoms with Gasteiger partial charge in [0.2, 0.25) is 0 Å². The van der Waals surface area contributed by atoms with Crippen LogP contribution in [0.4, 0.5) is 0 Å². The summed E-state index contributed by atoms with van der Waals surface area (Å²) in [6.45, 7) is 3.20. The summed E-state index contributed by atoms with van der Waals surface area (Å²) in [6, 6.07) is 3.35. The molecule has 7 nitrogen and oxygen atoms in total. The van der Waals surface area contributed by atoms with Crippen molar-refractivity contribution in [3.8, 4) is 5.75 Å². The van der Waals surface area contributed by atoms with Gasteiger partial charge in [0.05, 0.1) is 11.5 Å². The second kappa shape index (κ2) is 8.26. The smallest absolute Gasteiger partial charge is 0.342 e. The van der Waals surface area contributed by atoms with Gasteiger partial charge in [-0.1, -0.05) is 18.5 Å². The zero-order valence-corrected chi connectivity index (χ0v) is 16.2. The number of aromatic hydroxyl groups is 1. The highest BCUT2D eigenvalue weighted by atomic mass is 35.5. The topological polar surface area (TPSA) is 101 Å². The summed E-state index contributed by atoms with van der Waals surface area (Å²) in [5.74, 6) is -1.67. The molecule has 0 aromatic heterocycles. The highest BCUT2D eigenvalue weighted by Crippen LogP contribution is 2.24. The number of rotatable bonds is 6. The van der Waals surface area contributed by atoms with E-state index in [2.05, 4.69) is 0 Å². The molecule has 1 aliphatic heterocycles. The molecule has 1 aromatic carbocycles. The van der Waals surface area contributed by atoms with Gasteiger partial charge >= 0.3 is 5.97 Å². The molecule has 1 heterocycles. The van der Waals surface area contributed by atoms with Crippen molar-refractivity contribution in [2.45, 2.75) is 38.8 Å². The number of phenolic OH excluding ortho intramolecular Hbond substituents is 1. The number of carbonyl (C=O) groups is 2. The monoisotopic (exact) mass is 403 g/mol. The third-order valence-corrected chi connectivity index (χ3v) is 6.45. The molecule has 1 aromatic rings. The SMILES string of the molecule is CC[C@H](C)N(C(=O)COC(=O)c1ccc(Cl)cc1O)[C@@H]1CCS(=O)(=O)C1. The molecule has 0 spiro atoms. The lowest BCUT2D eigenvalue weighted by atomic mass is 10.1. The Kier molecular flexibility index (Phi) is 6.52. The number of amides is 1. The molecule has 9 heteroatoms. The fourth-order valence-corrected chi connectivity index (χ4v) is 4.84. The van der Waals surface area contributed by atoms with Crippen LogP contribution in [0.1, 0.15) is 37.0 Å². The third kappa shape index (κ3) is 4.88. The fourth-order valence-electron chi connectivity index (χ4n) is 2.96. The first-order valence-electron chi connectivity index (χ1n) is 8.32. The number of benzene rings is 1. The Morgan fingerprint density at radius 3 is 2.65 bits per heavy atom. The Bertz CT molecular complexity index is 794. The summed E-state index contributed by atoms with van der Waals surface area (Å²) >= 11 is 5.72. The zero-order valence-electron chi connectivity index (χ0n) is 14.6. The maximum atomic E-state index is 12.6. The van der Waals surface area contributed by atoms with Gasteiger partial charge in [-0.25, -0.2) is 13.2 Å². The molecule has 0 unspecified atom stereocenters. The van der Waals surface area contributed by atoms with Crippen LogP contribution in [0.5, 0.6) is 5.75 Å². The number of hydrogen-bond acceptors (Lipinski definition) is 6. The second-order valence-corrected chi connectivity index (χ2v) is 9.02. The fraction of sp³-hybridized carbons (Fsp3) is 0.529. The lowest BCUT2D eigenvalue weighted by molar-refractivity contribution is -0.138. The first-order chi connectivity index (χ1) is 12.1. The Morgan fingerprint density at radius 2 is 2.12 bits per heavy atom. The van der Waals surface area contributed by atoms with Crippen molar-refractivity contribution in [1.29, 1.82) is 0 Å². The summed E-state index contributed by atoms with van der Waals surface area (Å²) in [6.07, 6.45) is 1.03. The van der Waals surface area contributed by atoms with E-state index in [-0.39, 0.29) is 33.9 Å². The first kappa shape index (κ1) is 20.5. The van der Waals surface area contributed by atoms with Crippen LogP contribution in [0.25, 0.3) is 0 Å². The van der Waals surface area contributed by atoms with Gasteiger partial charge in [0.25, 0.3) is 5.91 Å². The van der Waals surface area contributed by atoms with Crippen molar-refractivity contribution in [3.63, 3.8) is 0 Å². The van der Waals surface area contributed by atoms with Gasteiger partial charge in [0.15, 0.2) is 16.4 Å². The molecule has 1 aliphatic rings. The van der Waals surface area contributed by atoms with Crippen molar-refractivity contribution in [1.82, 2.24) is 4.90 Å². The highest BCUT2D eigenvalue weighted by Gasteiger charge is 2.36. The summed E-state index contributed by atoms with van der Waals surface area (Å²) in [5, 5.41) is 10.0. The van der Waals surface area contributed by atoms with Crippen molar-refractivity contribution < 1.29 is 27.9 Å². The molecule has 26 heavy (non-hydrogen) atoms. The quantitative estimate of drug-likeness (QED) is 0.729. The van der Waals surface area contributed by atoms with Gasteiger partial charge in [-0.3, -0.25) is 4.79 Å². The number of sulfone groups is 1. The Balaban J connectivity index is 2.06. The zero-order chi connectivity index (χ0) is 19.5. The Labute approximate surface area is 157 Å². The molecule has 0 radical (unpaired) electrons.